The van der Waals surface area contributed by atoms with E-state index in [9.17, 15) is 9.59 Å². The molecule has 0 saturated carbocycles. The first-order valence-corrected chi connectivity index (χ1v) is 13.0. The monoisotopic (exact) mass is 525 g/mol. The van der Waals surface area contributed by atoms with Crippen molar-refractivity contribution in [3.05, 3.63) is 53.6 Å². The quantitative estimate of drug-likeness (QED) is 0.519. The molecular weight excluding hydrogens is 489 g/mol. The molecule has 0 unspecified atom stereocenters. The molecule has 0 aliphatic carbocycles. The second kappa shape index (κ2) is 11.4. The molecule has 2 aliphatic rings. The van der Waals surface area contributed by atoms with Crippen molar-refractivity contribution in [1.29, 1.82) is 0 Å². The first-order chi connectivity index (χ1) is 18.1. The molecule has 1 aromatic carbocycles. The lowest BCUT2D eigenvalue weighted by Crippen LogP contribution is -2.57. The number of piperazine rings is 1. The predicted molar refractivity (Wildman–Crippen MR) is 142 cm³/mol. The van der Waals surface area contributed by atoms with Gasteiger partial charge in [-0.3, -0.25) is 9.69 Å². The van der Waals surface area contributed by atoms with Crippen molar-refractivity contribution < 1.29 is 18.7 Å². The maximum Gasteiger partial charge on any atom is 0.417 e. The Balaban J connectivity index is 1.44. The lowest BCUT2D eigenvalue weighted by atomic mass is 10.0. The van der Waals surface area contributed by atoms with Crippen molar-refractivity contribution in [3.8, 4) is 0 Å². The van der Waals surface area contributed by atoms with Crippen LogP contribution in [0.2, 0.25) is 0 Å². The number of nitrogens with zero attached hydrogens (tertiary/aromatic N) is 6. The molecule has 0 radical (unpaired) electrons. The molecule has 2 aliphatic heterocycles. The molecule has 4 atom stereocenters. The summed E-state index contributed by atoms with van der Waals surface area (Å²) in [4.78, 5) is 43.0. The molecule has 38 heavy (non-hydrogen) atoms. The van der Waals surface area contributed by atoms with Gasteiger partial charge in [-0.15, -0.1) is 0 Å². The van der Waals surface area contributed by atoms with Crippen LogP contribution in [-0.4, -0.2) is 74.6 Å². The largest absolute Gasteiger partial charge is 0.447 e. The summed E-state index contributed by atoms with van der Waals surface area (Å²) in [6, 6.07) is 4.81. The van der Waals surface area contributed by atoms with Gasteiger partial charge in [0.2, 0.25) is 17.8 Å². The Morgan fingerprint density at radius 2 is 1.97 bits per heavy atom. The number of anilines is 2. The van der Waals surface area contributed by atoms with Gasteiger partial charge in [0, 0.05) is 37.3 Å². The highest BCUT2D eigenvalue weighted by Gasteiger charge is 2.35. The van der Waals surface area contributed by atoms with Gasteiger partial charge in [0.15, 0.2) is 0 Å². The fourth-order valence-electron chi connectivity index (χ4n) is 5.23. The van der Waals surface area contributed by atoms with Crippen LogP contribution in [0.25, 0.3) is 0 Å². The molecule has 1 aromatic heterocycles. The van der Waals surface area contributed by atoms with E-state index in [1.165, 1.54) is 17.0 Å². The Morgan fingerprint density at radius 1 is 1.26 bits per heavy atom. The van der Waals surface area contributed by atoms with E-state index in [1.807, 2.05) is 38.7 Å². The Kier molecular flexibility index (Phi) is 8.25. The van der Waals surface area contributed by atoms with Gasteiger partial charge in [-0.1, -0.05) is 25.6 Å². The Morgan fingerprint density at radius 3 is 2.61 bits per heavy atom. The highest BCUT2D eigenvalue weighted by atomic mass is 19.1. The molecule has 2 fully saturated rings. The molecule has 2 saturated heterocycles. The van der Waals surface area contributed by atoms with Gasteiger partial charge in [-0.05, 0) is 51.8 Å². The third-order valence-electron chi connectivity index (χ3n) is 7.12. The minimum absolute atomic E-state index is 0.0135. The van der Waals surface area contributed by atoms with Crippen LogP contribution < -0.4 is 10.2 Å². The fraction of sp³-hybridized carbons (Fsp3) is 0.519. The molecule has 2 amide bonds. The van der Waals surface area contributed by atoms with E-state index in [4.69, 9.17) is 4.74 Å². The number of amides is 2. The summed E-state index contributed by atoms with van der Waals surface area (Å²) in [5, 5.41) is 3.21. The maximum absolute atomic E-state index is 15.2. The lowest BCUT2D eigenvalue weighted by Gasteiger charge is -2.44. The van der Waals surface area contributed by atoms with Gasteiger partial charge in [0.05, 0.1) is 12.1 Å². The van der Waals surface area contributed by atoms with Crippen molar-refractivity contribution in [3.63, 3.8) is 0 Å². The first-order valence-electron chi connectivity index (χ1n) is 13.0. The van der Waals surface area contributed by atoms with Crippen LogP contribution in [0.5, 0.6) is 0 Å². The van der Waals surface area contributed by atoms with E-state index in [0.717, 1.165) is 5.56 Å². The van der Waals surface area contributed by atoms with E-state index in [2.05, 4.69) is 31.7 Å². The summed E-state index contributed by atoms with van der Waals surface area (Å²) in [6.07, 6.45) is 1.58. The highest BCUT2D eigenvalue weighted by molar-refractivity contribution is 5.88. The molecule has 204 valence electrons. The molecule has 0 spiro atoms. The normalized spacial score (nSPS) is 22.8. The van der Waals surface area contributed by atoms with Crippen molar-refractivity contribution in [1.82, 2.24) is 24.8 Å². The number of ether oxygens (including phenoxy) is 1. The van der Waals surface area contributed by atoms with Crippen LogP contribution in [0, 0.1) is 12.7 Å². The number of benzene rings is 1. The number of cyclic esters (lactones) is 1. The number of hydrogen-bond acceptors (Lipinski definition) is 8. The van der Waals surface area contributed by atoms with Gasteiger partial charge < -0.3 is 15.0 Å². The van der Waals surface area contributed by atoms with E-state index < -0.39 is 6.09 Å². The molecular formula is C27H36FN7O3. The Hall–Kier alpha value is -3.60. The third kappa shape index (κ3) is 5.77. The smallest absolute Gasteiger partial charge is 0.417 e. The molecule has 11 heteroatoms. The average molecular weight is 526 g/mol. The van der Waals surface area contributed by atoms with Gasteiger partial charge in [0.25, 0.3) is 0 Å². The zero-order chi connectivity index (χ0) is 27.6. The van der Waals surface area contributed by atoms with Crippen molar-refractivity contribution >= 4 is 23.9 Å². The fourth-order valence-corrected chi connectivity index (χ4v) is 5.23. The average Bonchev–Trinajstić information content (AvgIpc) is 3.24. The minimum Gasteiger partial charge on any atom is -0.447 e. The van der Waals surface area contributed by atoms with Crippen molar-refractivity contribution in [2.45, 2.75) is 71.8 Å². The third-order valence-corrected chi connectivity index (χ3v) is 7.12. The minimum atomic E-state index is -0.475. The molecule has 3 heterocycles. The van der Waals surface area contributed by atoms with Gasteiger partial charge >= 0.3 is 6.09 Å². The zero-order valence-electron chi connectivity index (χ0n) is 22.6. The van der Waals surface area contributed by atoms with Crippen LogP contribution >= 0.6 is 0 Å². The second-order valence-electron chi connectivity index (χ2n) is 10.1. The van der Waals surface area contributed by atoms with Crippen molar-refractivity contribution in [2.24, 2.45) is 0 Å². The number of carbonyl (C=O) groups is 2. The van der Waals surface area contributed by atoms with Crippen LogP contribution in [-0.2, 0) is 16.1 Å². The first kappa shape index (κ1) is 27.4. The van der Waals surface area contributed by atoms with E-state index in [0.29, 0.717) is 50.0 Å². The molecule has 2 aromatic rings. The van der Waals surface area contributed by atoms with E-state index in [-0.39, 0.29) is 41.8 Å². The summed E-state index contributed by atoms with van der Waals surface area (Å²) in [5.41, 5.74) is 1.33. The Bertz CT molecular complexity index is 1200. The number of aromatic nitrogens is 3. The SMILES string of the molecule is C=CC(=O)N1[C@H](C)CN(Cc2ccc([C@H](C)Nc3nc(C)nc(N4C(=O)OC[C@@H]4CC)n3)cc2F)C[C@@H]1C. The van der Waals surface area contributed by atoms with Gasteiger partial charge in [0.1, 0.15) is 18.2 Å². The van der Waals surface area contributed by atoms with E-state index >= 15 is 4.39 Å². The van der Waals surface area contributed by atoms with Crippen LogP contribution in [0.15, 0.2) is 30.9 Å². The number of nitrogens with one attached hydrogen (secondary N) is 1. The van der Waals surface area contributed by atoms with Crippen LogP contribution in [0.1, 0.15) is 57.1 Å². The number of hydrogen-bond donors (Lipinski definition) is 1. The molecule has 1 N–H and O–H groups in total. The summed E-state index contributed by atoms with van der Waals surface area (Å²) in [5.74, 6) is 0.626. The summed E-state index contributed by atoms with van der Waals surface area (Å²) < 4.78 is 20.3. The molecule has 4 rings (SSSR count). The summed E-state index contributed by atoms with van der Waals surface area (Å²) in [6.45, 7) is 15.3. The number of aryl methyl sites for hydroxylation is 1. The summed E-state index contributed by atoms with van der Waals surface area (Å²) in [7, 11) is 0. The van der Waals surface area contributed by atoms with Crippen molar-refractivity contribution in [2.75, 3.05) is 29.9 Å². The van der Waals surface area contributed by atoms with Gasteiger partial charge in [-0.2, -0.15) is 15.0 Å². The molecule has 10 nitrogen and oxygen atoms in total. The lowest BCUT2D eigenvalue weighted by molar-refractivity contribution is -0.133. The Labute approximate surface area is 222 Å². The second-order valence-corrected chi connectivity index (χ2v) is 10.1. The maximum atomic E-state index is 15.2. The van der Waals surface area contributed by atoms with E-state index in [1.54, 1.807) is 13.0 Å². The van der Waals surface area contributed by atoms with Gasteiger partial charge in [-0.25, -0.2) is 14.1 Å². The number of carbonyl (C=O) groups excluding carboxylic acids is 2. The topological polar surface area (TPSA) is 104 Å². The predicted octanol–water partition coefficient (Wildman–Crippen LogP) is 3.83. The molecule has 0 bridgehead atoms. The van der Waals surface area contributed by atoms with Crippen LogP contribution in [0.3, 0.4) is 0 Å². The highest BCUT2D eigenvalue weighted by Crippen LogP contribution is 2.25. The number of halogens is 1. The standard InChI is InChI=1S/C27H36FN7O3/c1-7-22-15-38-27(37)35(22)26-31-19(6)30-25(32-26)29-18(5)20-9-10-21(23(28)11-20)14-33-12-16(3)34(17(4)13-33)24(36)8-2/h8-11,16-18,22H,2,7,12-15H2,1,3-6H3,(H,29,30,31,32)/t16-,17+,18-,22-/m0/s1. The summed E-state index contributed by atoms with van der Waals surface area (Å²) >= 11 is 0. The zero-order valence-corrected chi connectivity index (χ0v) is 22.6. The van der Waals surface area contributed by atoms with Crippen LogP contribution in [0.4, 0.5) is 21.1 Å². The number of rotatable bonds is 8.